The number of imide groups is 1. The minimum atomic E-state index is -0.513. The molecular weight excluding hydrogens is 384 g/mol. The van der Waals surface area contributed by atoms with E-state index in [9.17, 15) is 9.59 Å². The van der Waals surface area contributed by atoms with Crippen molar-refractivity contribution in [3.63, 3.8) is 0 Å². The van der Waals surface area contributed by atoms with Crippen LogP contribution in [0, 0.1) is 27.7 Å². The first-order valence-corrected chi connectivity index (χ1v) is 11.1. The minimum Gasteiger partial charge on any atom is -0.320 e. The molecule has 2 aromatic rings. The Morgan fingerprint density at radius 1 is 1.17 bits per heavy atom. The molecule has 1 aliphatic carbocycles. The number of urea groups is 1. The van der Waals surface area contributed by atoms with Gasteiger partial charge in [-0.05, 0) is 59.1 Å². The molecule has 1 aliphatic rings. The Kier molecular flexibility index (Phi) is 6.67. The van der Waals surface area contributed by atoms with Gasteiger partial charge in [-0.15, -0.1) is 0 Å². The summed E-state index contributed by atoms with van der Waals surface area (Å²) in [6.45, 7) is 9.83. The third-order valence-corrected chi connectivity index (χ3v) is 6.63. The van der Waals surface area contributed by atoms with Gasteiger partial charge in [-0.1, -0.05) is 42.3 Å². The highest BCUT2D eigenvalue weighted by Gasteiger charge is 2.26. The maximum atomic E-state index is 12.6. The first-order valence-electron chi connectivity index (χ1n) is 10.2. The van der Waals surface area contributed by atoms with Crippen molar-refractivity contribution in [2.75, 3.05) is 5.32 Å². The Morgan fingerprint density at radius 2 is 1.86 bits per heavy atom. The lowest BCUT2D eigenvalue weighted by molar-refractivity contribution is -0.119. The Bertz CT molecular complexity index is 916. The van der Waals surface area contributed by atoms with E-state index >= 15 is 0 Å². The lowest BCUT2D eigenvalue weighted by atomic mass is 10.1. The van der Waals surface area contributed by atoms with Crippen molar-refractivity contribution < 1.29 is 9.59 Å². The van der Waals surface area contributed by atoms with Crippen molar-refractivity contribution in [3.05, 3.63) is 40.7 Å². The largest absolute Gasteiger partial charge is 0.325 e. The molecule has 6 nitrogen and oxygen atoms in total. The van der Waals surface area contributed by atoms with Crippen molar-refractivity contribution in [1.82, 2.24) is 14.9 Å². The molecule has 0 bridgehead atoms. The molecule has 7 heteroatoms. The first kappa shape index (κ1) is 21.4. The number of imidazole rings is 1. The van der Waals surface area contributed by atoms with Gasteiger partial charge in [-0.25, -0.2) is 9.78 Å². The summed E-state index contributed by atoms with van der Waals surface area (Å²) < 4.78 is 2.28. The van der Waals surface area contributed by atoms with E-state index < -0.39 is 11.3 Å². The number of aromatic nitrogens is 2. The average Bonchev–Trinajstić information content (AvgIpc) is 3.26. The van der Waals surface area contributed by atoms with Crippen LogP contribution in [0.25, 0.3) is 0 Å². The Morgan fingerprint density at radius 3 is 2.52 bits per heavy atom. The van der Waals surface area contributed by atoms with Gasteiger partial charge in [0, 0.05) is 17.4 Å². The van der Waals surface area contributed by atoms with E-state index in [0.717, 1.165) is 34.8 Å². The van der Waals surface area contributed by atoms with Gasteiger partial charge in [0.25, 0.3) is 0 Å². The topological polar surface area (TPSA) is 76.0 Å². The van der Waals surface area contributed by atoms with E-state index in [0.29, 0.717) is 11.7 Å². The van der Waals surface area contributed by atoms with Crippen LogP contribution in [0.4, 0.5) is 10.5 Å². The number of thioether (sulfide) groups is 1. The van der Waals surface area contributed by atoms with Gasteiger partial charge in [0.1, 0.15) is 0 Å². The quantitative estimate of drug-likeness (QED) is 0.671. The molecule has 2 N–H and O–H groups in total. The van der Waals surface area contributed by atoms with Gasteiger partial charge >= 0.3 is 6.03 Å². The van der Waals surface area contributed by atoms with Crippen molar-refractivity contribution in [1.29, 1.82) is 0 Å². The SMILES string of the molecule is Cc1ccc(NC(=O)NC(=O)C(C)Sc2nc(C)c(C)n2C2CCCC2)c(C)c1. The van der Waals surface area contributed by atoms with Gasteiger partial charge in [-0.3, -0.25) is 10.1 Å². The van der Waals surface area contributed by atoms with E-state index in [2.05, 4.69) is 27.1 Å². The number of nitrogens with one attached hydrogen (secondary N) is 2. The smallest absolute Gasteiger partial charge is 0.320 e. The van der Waals surface area contributed by atoms with Gasteiger partial charge in [0.15, 0.2) is 5.16 Å². The molecule has 0 spiro atoms. The summed E-state index contributed by atoms with van der Waals surface area (Å²) in [6.07, 6.45) is 4.78. The van der Waals surface area contributed by atoms with E-state index in [1.807, 2.05) is 45.9 Å². The summed E-state index contributed by atoms with van der Waals surface area (Å²) in [5, 5.41) is 5.64. The highest BCUT2D eigenvalue weighted by molar-refractivity contribution is 8.00. The Labute approximate surface area is 176 Å². The van der Waals surface area contributed by atoms with E-state index in [-0.39, 0.29) is 5.91 Å². The molecule has 1 unspecified atom stereocenters. The summed E-state index contributed by atoms with van der Waals surface area (Å²) in [6, 6.07) is 5.71. The van der Waals surface area contributed by atoms with Crippen molar-refractivity contribution in [2.45, 2.75) is 76.8 Å². The number of nitrogens with zero attached hydrogens (tertiary/aromatic N) is 2. The number of carbonyl (C=O) groups is 2. The molecule has 3 rings (SSSR count). The second-order valence-corrected chi connectivity index (χ2v) is 9.20. The molecule has 1 aromatic carbocycles. The van der Waals surface area contributed by atoms with E-state index in [1.165, 1.54) is 30.3 Å². The average molecular weight is 415 g/mol. The molecule has 1 fully saturated rings. The van der Waals surface area contributed by atoms with Crippen LogP contribution in [0.5, 0.6) is 0 Å². The van der Waals surface area contributed by atoms with Gasteiger partial charge < -0.3 is 9.88 Å². The normalized spacial score (nSPS) is 15.3. The Balaban J connectivity index is 1.63. The lowest BCUT2D eigenvalue weighted by Gasteiger charge is -2.18. The summed E-state index contributed by atoms with van der Waals surface area (Å²) in [4.78, 5) is 29.5. The molecule has 0 radical (unpaired) electrons. The predicted octanol–water partition coefficient (Wildman–Crippen LogP) is 5.06. The molecule has 3 amide bonds. The molecule has 1 heterocycles. The second-order valence-electron chi connectivity index (χ2n) is 7.90. The fourth-order valence-electron chi connectivity index (χ4n) is 3.80. The highest BCUT2D eigenvalue weighted by Crippen LogP contribution is 2.36. The van der Waals surface area contributed by atoms with Crippen LogP contribution < -0.4 is 10.6 Å². The molecule has 0 saturated heterocycles. The number of rotatable bonds is 5. The zero-order valence-electron chi connectivity index (χ0n) is 17.8. The molecule has 1 atom stereocenters. The fraction of sp³-hybridized carbons (Fsp3) is 0.500. The fourth-order valence-corrected chi connectivity index (χ4v) is 4.88. The van der Waals surface area contributed by atoms with Crippen LogP contribution in [-0.4, -0.2) is 26.7 Å². The number of aryl methyl sites for hydroxylation is 3. The lowest BCUT2D eigenvalue weighted by Crippen LogP contribution is -2.39. The molecule has 29 heavy (non-hydrogen) atoms. The van der Waals surface area contributed by atoms with E-state index in [4.69, 9.17) is 0 Å². The summed E-state index contributed by atoms with van der Waals surface area (Å²) in [5.41, 5.74) is 4.95. The molecular formula is C22H30N4O2S. The van der Waals surface area contributed by atoms with Gasteiger partial charge in [0.05, 0.1) is 10.9 Å². The predicted molar refractivity (Wildman–Crippen MR) is 118 cm³/mol. The number of benzene rings is 1. The van der Waals surface area contributed by atoms with Crippen molar-refractivity contribution in [2.24, 2.45) is 0 Å². The van der Waals surface area contributed by atoms with E-state index in [1.54, 1.807) is 0 Å². The molecule has 1 aromatic heterocycles. The number of hydrogen-bond acceptors (Lipinski definition) is 4. The number of carbonyl (C=O) groups excluding carboxylic acids is 2. The second kappa shape index (κ2) is 9.03. The van der Waals surface area contributed by atoms with Crippen LogP contribution in [0.1, 0.15) is 61.2 Å². The van der Waals surface area contributed by atoms with Crippen LogP contribution in [-0.2, 0) is 4.79 Å². The monoisotopic (exact) mass is 414 g/mol. The van der Waals surface area contributed by atoms with Crippen molar-refractivity contribution >= 4 is 29.4 Å². The van der Waals surface area contributed by atoms with Crippen molar-refractivity contribution in [3.8, 4) is 0 Å². The maximum Gasteiger partial charge on any atom is 0.325 e. The van der Waals surface area contributed by atoms with Crippen LogP contribution >= 0.6 is 11.8 Å². The zero-order valence-corrected chi connectivity index (χ0v) is 18.7. The standard InChI is InChI=1S/C22H30N4O2S/c1-13-10-11-19(14(2)12-13)24-21(28)25-20(27)17(5)29-22-23-15(3)16(4)26(22)18-8-6-7-9-18/h10-12,17-18H,6-9H2,1-5H3,(H2,24,25,27,28). The Hall–Kier alpha value is -2.28. The maximum absolute atomic E-state index is 12.6. The van der Waals surface area contributed by atoms with Gasteiger partial charge in [-0.2, -0.15) is 0 Å². The number of hydrogen-bond donors (Lipinski definition) is 2. The summed E-state index contributed by atoms with van der Waals surface area (Å²) >= 11 is 1.41. The molecule has 0 aliphatic heterocycles. The molecule has 156 valence electrons. The summed E-state index contributed by atoms with van der Waals surface area (Å²) in [7, 11) is 0. The summed E-state index contributed by atoms with van der Waals surface area (Å²) in [5.74, 6) is -0.325. The zero-order chi connectivity index (χ0) is 21.1. The minimum absolute atomic E-state index is 0.325. The number of anilines is 1. The number of amides is 3. The van der Waals surface area contributed by atoms with Crippen LogP contribution in [0.3, 0.4) is 0 Å². The van der Waals surface area contributed by atoms with Crippen LogP contribution in [0.2, 0.25) is 0 Å². The first-order chi connectivity index (χ1) is 13.8. The van der Waals surface area contributed by atoms with Crippen LogP contribution in [0.15, 0.2) is 23.4 Å². The highest BCUT2D eigenvalue weighted by atomic mass is 32.2. The molecule has 1 saturated carbocycles. The third-order valence-electron chi connectivity index (χ3n) is 5.56. The van der Waals surface area contributed by atoms with Gasteiger partial charge in [0.2, 0.25) is 5.91 Å². The third kappa shape index (κ3) is 5.01.